The predicted octanol–water partition coefficient (Wildman–Crippen LogP) is 1.93. The molecule has 0 fully saturated rings. The van der Waals surface area contributed by atoms with E-state index in [1.807, 2.05) is 11.7 Å². The average Bonchev–Trinajstić information content (AvgIpc) is 2.64. The summed E-state index contributed by atoms with van der Waals surface area (Å²) in [5.41, 5.74) is 4.92. The highest BCUT2D eigenvalue weighted by Gasteiger charge is 2.24. The summed E-state index contributed by atoms with van der Waals surface area (Å²) < 4.78 is 8.48. The molecule has 1 aromatic rings. The molecule has 3 N–H and O–H groups in total. The van der Waals surface area contributed by atoms with Crippen molar-refractivity contribution >= 4 is 15.9 Å². The Balaban J connectivity index is 2.84. The zero-order chi connectivity index (χ0) is 14.6. The Kier molecular flexibility index (Phi) is 5.98. The van der Waals surface area contributed by atoms with Crippen LogP contribution in [0.3, 0.4) is 0 Å². The Bertz CT molecular complexity index is 417. The minimum Gasteiger partial charge on any atom is -0.379 e. The van der Waals surface area contributed by atoms with Crippen LogP contribution >= 0.6 is 15.9 Å². The normalized spacial score (nSPS) is 13.8. The van der Waals surface area contributed by atoms with Crippen LogP contribution in [-0.4, -0.2) is 28.5 Å². The van der Waals surface area contributed by atoms with E-state index < -0.39 is 0 Å². The van der Waals surface area contributed by atoms with E-state index in [-0.39, 0.29) is 11.6 Å². The van der Waals surface area contributed by atoms with Gasteiger partial charge in [-0.1, -0.05) is 6.92 Å². The lowest BCUT2D eigenvalue weighted by Gasteiger charge is -2.28. The average molecular weight is 333 g/mol. The van der Waals surface area contributed by atoms with Gasteiger partial charge in [0.15, 0.2) is 0 Å². The smallest absolute Gasteiger partial charge is 0.0766 e. The third-order valence-electron chi connectivity index (χ3n) is 3.47. The number of hydrazine groups is 1. The van der Waals surface area contributed by atoms with Crippen molar-refractivity contribution in [3.05, 3.63) is 15.9 Å². The standard InChI is InChI=1S/C13H25BrN4O/c1-6-10-12(14)11(18(4)17-10)7-9(16-15)8-13(2,3)19-5/h9,16H,6-8,15H2,1-5H3. The molecule has 5 nitrogen and oxygen atoms in total. The van der Waals surface area contributed by atoms with E-state index in [0.717, 1.165) is 35.1 Å². The maximum absolute atomic E-state index is 5.67. The van der Waals surface area contributed by atoms with E-state index in [1.54, 1.807) is 7.11 Å². The maximum atomic E-state index is 5.67. The molecule has 0 saturated carbocycles. The summed E-state index contributed by atoms with van der Waals surface area (Å²) in [5.74, 6) is 5.67. The van der Waals surface area contributed by atoms with Crippen LogP contribution in [0.25, 0.3) is 0 Å². The van der Waals surface area contributed by atoms with E-state index in [0.29, 0.717) is 0 Å². The molecule has 0 spiro atoms. The zero-order valence-corrected chi connectivity index (χ0v) is 14.0. The van der Waals surface area contributed by atoms with Crippen LogP contribution < -0.4 is 11.3 Å². The minimum absolute atomic E-state index is 0.145. The number of methoxy groups -OCH3 is 1. The van der Waals surface area contributed by atoms with Crippen LogP contribution in [0.4, 0.5) is 0 Å². The van der Waals surface area contributed by atoms with Crippen molar-refractivity contribution in [3.63, 3.8) is 0 Å². The van der Waals surface area contributed by atoms with E-state index >= 15 is 0 Å². The molecule has 1 unspecified atom stereocenters. The molecule has 0 saturated heterocycles. The Morgan fingerprint density at radius 3 is 2.58 bits per heavy atom. The predicted molar refractivity (Wildman–Crippen MR) is 80.8 cm³/mol. The first kappa shape index (κ1) is 16.6. The van der Waals surface area contributed by atoms with Gasteiger partial charge in [0.2, 0.25) is 0 Å². The number of hydrogen-bond donors (Lipinski definition) is 2. The van der Waals surface area contributed by atoms with Crippen LogP contribution in [0.2, 0.25) is 0 Å². The number of nitrogens with two attached hydrogens (primary N) is 1. The topological polar surface area (TPSA) is 65.1 Å². The fourth-order valence-corrected chi connectivity index (χ4v) is 2.92. The van der Waals surface area contributed by atoms with Crippen LogP contribution in [0, 0.1) is 0 Å². The lowest BCUT2D eigenvalue weighted by Crippen LogP contribution is -2.43. The molecule has 0 aliphatic rings. The molecule has 1 atom stereocenters. The Labute approximate surface area is 124 Å². The molecule has 0 radical (unpaired) electrons. The first-order valence-corrected chi connectivity index (χ1v) is 7.35. The molecule has 6 heteroatoms. The number of halogens is 1. The highest BCUT2D eigenvalue weighted by atomic mass is 79.9. The van der Waals surface area contributed by atoms with Gasteiger partial charge in [-0.25, -0.2) is 0 Å². The molecular formula is C13H25BrN4O. The van der Waals surface area contributed by atoms with Gasteiger partial charge in [0, 0.05) is 26.6 Å². The van der Waals surface area contributed by atoms with Crippen molar-refractivity contribution in [2.75, 3.05) is 7.11 Å². The third-order valence-corrected chi connectivity index (χ3v) is 4.38. The molecule has 0 aromatic carbocycles. The largest absolute Gasteiger partial charge is 0.379 e. The van der Waals surface area contributed by atoms with Crippen molar-refractivity contribution in [1.82, 2.24) is 15.2 Å². The number of hydrogen-bond acceptors (Lipinski definition) is 4. The van der Waals surface area contributed by atoms with Crippen molar-refractivity contribution in [2.45, 2.75) is 51.7 Å². The van der Waals surface area contributed by atoms with Crippen LogP contribution in [0.1, 0.15) is 38.6 Å². The molecular weight excluding hydrogens is 308 g/mol. The maximum Gasteiger partial charge on any atom is 0.0766 e. The van der Waals surface area contributed by atoms with Crippen molar-refractivity contribution in [3.8, 4) is 0 Å². The molecule has 1 aromatic heterocycles. The van der Waals surface area contributed by atoms with Gasteiger partial charge in [0.05, 0.1) is 21.5 Å². The van der Waals surface area contributed by atoms with Gasteiger partial charge in [0.1, 0.15) is 0 Å². The second-order valence-electron chi connectivity index (χ2n) is 5.42. The molecule has 1 rings (SSSR count). The van der Waals surface area contributed by atoms with Gasteiger partial charge in [-0.3, -0.25) is 16.0 Å². The van der Waals surface area contributed by atoms with E-state index in [9.17, 15) is 0 Å². The molecule has 1 heterocycles. The van der Waals surface area contributed by atoms with Crippen LogP contribution in [-0.2, 0) is 24.6 Å². The summed E-state index contributed by atoms with van der Waals surface area (Å²) in [7, 11) is 3.69. The first-order chi connectivity index (χ1) is 8.84. The zero-order valence-electron chi connectivity index (χ0n) is 12.5. The Morgan fingerprint density at radius 2 is 2.16 bits per heavy atom. The quantitative estimate of drug-likeness (QED) is 0.591. The van der Waals surface area contributed by atoms with Crippen molar-refractivity contribution < 1.29 is 4.74 Å². The minimum atomic E-state index is -0.199. The summed E-state index contributed by atoms with van der Waals surface area (Å²) in [6.45, 7) is 6.23. The highest BCUT2D eigenvalue weighted by Crippen LogP contribution is 2.25. The molecule has 0 bridgehead atoms. The highest BCUT2D eigenvalue weighted by molar-refractivity contribution is 9.10. The summed E-state index contributed by atoms with van der Waals surface area (Å²) >= 11 is 3.63. The number of nitrogens with zero attached hydrogens (tertiary/aromatic N) is 2. The Hall–Kier alpha value is -0.430. The number of nitrogens with one attached hydrogen (secondary N) is 1. The SMILES string of the molecule is CCc1nn(C)c(CC(CC(C)(C)OC)NN)c1Br. The van der Waals surface area contributed by atoms with Crippen LogP contribution in [0.5, 0.6) is 0 Å². The first-order valence-electron chi connectivity index (χ1n) is 6.56. The molecule has 0 amide bonds. The second-order valence-corrected chi connectivity index (χ2v) is 6.21. The lowest BCUT2D eigenvalue weighted by molar-refractivity contribution is 0.00695. The summed E-state index contributed by atoms with van der Waals surface area (Å²) in [6.07, 6.45) is 2.56. The monoisotopic (exact) mass is 332 g/mol. The van der Waals surface area contributed by atoms with Crippen molar-refractivity contribution in [1.29, 1.82) is 0 Å². The van der Waals surface area contributed by atoms with Crippen molar-refractivity contribution in [2.24, 2.45) is 12.9 Å². The summed E-state index contributed by atoms with van der Waals surface area (Å²) in [6, 6.07) is 0.145. The fraction of sp³-hybridized carbons (Fsp3) is 0.769. The molecule has 110 valence electrons. The Morgan fingerprint density at radius 1 is 1.53 bits per heavy atom. The van der Waals surface area contributed by atoms with Gasteiger partial charge in [-0.05, 0) is 42.6 Å². The second kappa shape index (κ2) is 6.83. The van der Waals surface area contributed by atoms with Gasteiger partial charge in [-0.15, -0.1) is 0 Å². The van der Waals surface area contributed by atoms with Gasteiger partial charge < -0.3 is 4.74 Å². The fourth-order valence-electron chi connectivity index (χ4n) is 2.14. The molecule has 19 heavy (non-hydrogen) atoms. The number of aromatic nitrogens is 2. The number of aryl methyl sites for hydroxylation is 2. The van der Waals surface area contributed by atoms with Crippen LogP contribution in [0.15, 0.2) is 4.47 Å². The summed E-state index contributed by atoms with van der Waals surface area (Å²) in [5, 5.41) is 4.50. The third kappa shape index (κ3) is 4.27. The van der Waals surface area contributed by atoms with E-state index in [1.165, 1.54) is 0 Å². The van der Waals surface area contributed by atoms with Gasteiger partial charge >= 0.3 is 0 Å². The van der Waals surface area contributed by atoms with Gasteiger partial charge in [-0.2, -0.15) is 5.10 Å². The van der Waals surface area contributed by atoms with E-state index in [2.05, 4.69) is 47.2 Å². The molecule has 0 aliphatic heterocycles. The van der Waals surface area contributed by atoms with Gasteiger partial charge in [0.25, 0.3) is 0 Å². The van der Waals surface area contributed by atoms with E-state index in [4.69, 9.17) is 10.6 Å². The number of ether oxygens (including phenoxy) is 1. The number of rotatable bonds is 7. The molecule has 0 aliphatic carbocycles. The lowest BCUT2D eigenvalue weighted by atomic mass is 9.96. The summed E-state index contributed by atoms with van der Waals surface area (Å²) in [4.78, 5) is 0.